The number of aromatic nitrogens is 2. The standard InChI is InChI=1S/C33H33F6N7OS/c1-3-46(23-7-9-42-16(23)2)30-19-11-21(33(37,38)39)25(18-5-6-22(35)28-24(18)20(13-40)29(41)48-28)26(36)27(19)43-31(44-30)47-15-32-8-4-10-45(32)14-17(34)12-32/h5-6,11,16-17,23,42H,3-4,7-10,12,14-15,41H2,1-2H3/t16-,17-,23-,32+/m1/s1. The quantitative estimate of drug-likeness (QED) is 0.205. The van der Waals surface area contributed by atoms with Crippen molar-refractivity contribution in [1.82, 2.24) is 20.2 Å². The number of likely N-dealkylation sites (N-methyl/N-ethyl adjacent to an activating group) is 1. The number of hydrogen-bond acceptors (Lipinski definition) is 9. The number of benzene rings is 2. The average molecular weight is 690 g/mol. The minimum Gasteiger partial charge on any atom is -0.461 e. The number of rotatable bonds is 7. The highest BCUT2D eigenvalue weighted by Gasteiger charge is 2.49. The van der Waals surface area contributed by atoms with Gasteiger partial charge in [-0.15, -0.1) is 11.3 Å². The van der Waals surface area contributed by atoms with Gasteiger partial charge in [0, 0.05) is 47.9 Å². The van der Waals surface area contributed by atoms with E-state index < -0.39 is 46.2 Å². The van der Waals surface area contributed by atoms with Crippen LogP contribution < -0.4 is 20.7 Å². The number of alkyl halides is 4. The molecule has 0 aliphatic carbocycles. The summed E-state index contributed by atoms with van der Waals surface area (Å²) in [6.45, 7) is 5.84. The number of nitrogens with one attached hydrogen (secondary N) is 1. The molecule has 3 aliphatic rings. The van der Waals surface area contributed by atoms with Crippen molar-refractivity contribution in [2.24, 2.45) is 0 Å². The fraction of sp³-hybridized carbons (Fsp3) is 0.485. The first-order chi connectivity index (χ1) is 22.9. The van der Waals surface area contributed by atoms with Gasteiger partial charge in [0.15, 0.2) is 5.82 Å². The molecule has 4 atom stereocenters. The second-order valence-corrected chi connectivity index (χ2v) is 13.9. The molecule has 5 heterocycles. The van der Waals surface area contributed by atoms with Crippen molar-refractivity contribution in [3.63, 3.8) is 0 Å². The van der Waals surface area contributed by atoms with Gasteiger partial charge in [-0.1, -0.05) is 6.07 Å². The SMILES string of the molecule is CCN(c1nc(OC[C@@]23CCCN2C[C@H](F)C3)nc2c(F)c(-c3ccc(F)c4sc(N)c(C#N)c34)c(C(F)(F)F)cc12)[C@@H]1CCN[C@@H]1C. The molecule has 4 aromatic rings. The summed E-state index contributed by atoms with van der Waals surface area (Å²) in [4.78, 5) is 12.8. The zero-order valence-corrected chi connectivity index (χ0v) is 27.0. The van der Waals surface area contributed by atoms with Gasteiger partial charge in [0.1, 0.15) is 41.0 Å². The molecular formula is C33H33F6N7OS. The van der Waals surface area contributed by atoms with Crippen molar-refractivity contribution in [1.29, 1.82) is 5.26 Å². The van der Waals surface area contributed by atoms with E-state index in [0.717, 1.165) is 24.6 Å². The number of hydrogen-bond donors (Lipinski definition) is 2. The Hall–Kier alpha value is -3.87. The van der Waals surface area contributed by atoms with Gasteiger partial charge in [0.2, 0.25) is 0 Å². The Labute approximate surface area is 276 Å². The van der Waals surface area contributed by atoms with Gasteiger partial charge in [-0.2, -0.15) is 28.4 Å². The van der Waals surface area contributed by atoms with E-state index in [-0.39, 0.29) is 75.1 Å². The molecule has 0 unspecified atom stereocenters. The van der Waals surface area contributed by atoms with Crippen molar-refractivity contribution in [3.05, 3.63) is 41.0 Å². The molecule has 15 heteroatoms. The third-order valence-corrected chi connectivity index (χ3v) is 11.1. The fourth-order valence-electron chi connectivity index (χ4n) is 7.93. The predicted molar refractivity (Wildman–Crippen MR) is 172 cm³/mol. The van der Waals surface area contributed by atoms with Gasteiger partial charge in [0.05, 0.1) is 21.4 Å². The van der Waals surface area contributed by atoms with Gasteiger partial charge < -0.3 is 20.7 Å². The molecule has 48 heavy (non-hydrogen) atoms. The monoisotopic (exact) mass is 689 g/mol. The molecule has 0 amide bonds. The Bertz CT molecular complexity index is 1960. The van der Waals surface area contributed by atoms with Crippen LogP contribution in [-0.4, -0.2) is 71.4 Å². The third kappa shape index (κ3) is 5.19. The van der Waals surface area contributed by atoms with Crippen LogP contribution >= 0.6 is 11.3 Å². The number of nitrogen functional groups attached to an aromatic ring is 1. The highest BCUT2D eigenvalue weighted by atomic mass is 32.1. The Morgan fingerprint density at radius 3 is 2.75 bits per heavy atom. The zero-order chi connectivity index (χ0) is 34.1. The second kappa shape index (κ2) is 11.9. The van der Waals surface area contributed by atoms with E-state index in [4.69, 9.17) is 10.5 Å². The molecule has 8 nitrogen and oxygen atoms in total. The van der Waals surface area contributed by atoms with E-state index >= 15 is 4.39 Å². The number of halogens is 6. The van der Waals surface area contributed by atoms with E-state index in [1.165, 1.54) is 0 Å². The van der Waals surface area contributed by atoms with Crippen LogP contribution in [0, 0.1) is 23.0 Å². The maximum absolute atomic E-state index is 17.1. The molecule has 3 fully saturated rings. The Morgan fingerprint density at radius 2 is 2.06 bits per heavy atom. The van der Waals surface area contributed by atoms with Crippen LogP contribution in [0.3, 0.4) is 0 Å². The van der Waals surface area contributed by atoms with Gasteiger partial charge >= 0.3 is 12.2 Å². The molecule has 0 spiro atoms. The van der Waals surface area contributed by atoms with E-state index in [2.05, 4.69) is 15.3 Å². The van der Waals surface area contributed by atoms with Crippen LogP contribution in [-0.2, 0) is 6.18 Å². The van der Waals surface area contributed by atoms with Crippen molar-refractivity contribution in [2.75, 3.05) is 43.4 Å². The molecule has 2 aromatic heterocycles. The number of nitrogens with zero attached hydrogens (tertiary/aromatic N) is 5. The zero-order valence-electron chi connectivity index (χ0n) is 26.2. The van der Waals surface area contributed by atoms with Crippen molar-refractivity contribution < 1.29 is 31.1 Å². The summed E-state index contributed by atoms with van der Waals surface area (Å²) in [6, 6.07) is 4.15. The molecule has 3 N–H and O–H groups in total. The molecular weight excluding hydrogens is 656 g/mol. The highest BCUT2D eigenvalue weighted by Crippen LogP contribution is 2.48. The summed E-state index contributed by atoms with van der Waals surface area (Å²) < 4.78 is 97.3. The maximum atomic E-state index is 17.1. The number of nitrogens with two attached hydrogens (primary N) is 1. The molecule has 3 saturated heterocycles. The van der Waals surface area contributed by atoms with Crippen LogP contribution in [0.25, 0.3) is 32.1 Å². The van der Waals surface area contributed by atoms with Crippen molar-refractivity contribution in [3.8, 4) is 23.2 Å². The van der Waals surface area contributed by atoms with Crippen molar-refractivity contribution >= 4 is 43.1 Å². The van der Waals surface area contributed by atoms with Crippen LogP contribution in [0.4, 0.5) is 37.2 Å². The highest BCUT2D eigenvalue weighted by molar-refractivity contribution is 7.23. The molecule has 254 valence electrons. The lowest BCUT2D eigenvalue weighted by atomic mass is 9.92. The first-order valence-electron chi connectivity index (χ1n) is 15.9. The topological polar surface area (TPSA) is 103 Å². The summed E-state index contributed by atoms with van der Waals surface area (Å²) in [5.41, 5.74) is 2.15. The lowest BCUT2D eigenvalue weighted by molar-refractivity contribution is -0.137. The van der Waals surface area contributed by atoms with E-state index in [9.17, 15) is 27.2 Å². The van der Waals surface area contributed by atoms with Gasteiger partial charge in [-0.3, -0.25) is 4.90 Å². The van der Waals surface area contributed by atoms with Gasteiger partial charge in [-0.05, 0) is 63.9 Å². The number of ether oxygens (including phenoxy) is 1. The number of fused-ring (bicyclic) bond motifs is 3. The van der Waals surface area contributed by atoms with Crippen molar-refractivity contribution in [2.45, 2.75) is 69.5 Å². The lowest BCUT2D eigenvalue weighted by Gasteiger charge is -2.33. The Balaban J connectivity index is 1.48. The first-order valence-corrected chi connectivity index (χ1v) is 16.7. The summed E-state index contributed by atoms with van der Waals surface area (Å²) in [5, 5.41) is 12.7. The van der Waals surface area contributed by atoms with Gasteiger partial charge in [-0.25, -0.2) is 13.2 Å². The van der Waals surface area contributed by atoms with Crippen LogP contribution in [0.1, 0.15) is 50.7 Å². The number of thiophene rings is 1. The maximum Gasteiger partial charge on any atom is 0.417 e. The van der Waals surface area contributed by atoms with Crippen LogP contribution in [0.2, 0.25) is 0 Å². The molecule has 0 radical (unpaired) electrons. The largest absolute Gasteiger partial charge is 0.461 e. The molecule has 2 aromatic carbocycles. The second-order valence-electron chi connectivity index (χ2n) is 12.8. The lowest BCUT2D eigenvalue weighted by Crippen LogP contribution is -2.44. The van der Waals surface area contributed by atoms with E-state index in [1.807, 2.05) is 29.7 Å². The predicted octanol–water partition coefficient (Wildman–Crippen LogP) is 6.79. The number of anilines is 2. The van der Waals surface area contributed by atoms with Gasteiger partial charge in [0.25, 0.3) is 0 Å². The molecule has 7 rings (SSSR count). The van der Waals surface area contributed by atoms with E-state index in [1.54, 1.807) is 0 Å². The molecule has 0 bridgehead atoms. The minimum atomic E-state index is -5.07. The van der Waals surface area contributed by atoms with Crippen LogP contribution in [0.5, 0.6) is 6.01 Å². The Morgan fingerprint density at radius 1 is 1.27 bits per heavy atom. The van der Waals surface area contributed by atoms with E-state index in [0.29, 0.717) is 43.8 Å². The third-order valence-electron chi connectivity index (χ3n) is 10.1. The first kappa shape index (κ1) is 32.7. The fourth-order valence-corrected chi connectivity index (χ4v) is 8.88. The Kier molecular flexibility index (Phi) is 8.11. The summed E-state index contributed by atoms with van der Waals surface area (Å²) in [5.74, 6) is -2.05. The minimum absolute atomic E-state index is 0.0271. The molecule has 0 saturated carbocycles. The summed E-state index contributed by atoms with van der Waals surface area (Å²) >= 11 is 0.701. The normalized spacial score (nSPS) is 24.4. The smallest absolute Gasteiger partial charge is 0.417 e. The average Bonchev–Trinajstić information content (AvgIpc) is 3.79. The summed E-state index contributed by atoms with van der Waals surface area (Å²) in [6.07, 6.45) is -3.60. The number of nitriles is 1. The molecule has 3 aliphatic heterocycles. The summed E-state index contributed by atoms with van der Waals surface area (Å²) in [7, 11) is 0. The van der Waals surface area contributed by atoms with Crippen LogP contribution in [0.15, 0.2) is 18.2 Å².